The van der Waals surface area contributed by atoms with Gasteiger partial charge in [-0.2, -0.15) is 0 Å². The minimum Gasteiger partial charge on any atom is -0.479 e. The number of carboxylic acid groups (broad SMARTS) is 1. The SMILES string of the molecule is Cc1sc(-c2ccncc2)c(C2=CCC(C)CC2)c1C(OC(C)(C)C)C(=O)O. The van der Waals surface area contributed by atoms with Crippen LogP contribution in [-0.4, -0.2) is 21.7 Å². The predicted molar refractivity (Wildman–Crippen MR) is 114 cm³/mol. The van der Waals surface area contributed by atoms with Crippen LogP contribution in [0.25, 0.3) is 16.0 Å². The topological polar surface area (TPSA) is 59.4 Å². The highest BCUT2D eigenvalue weighted by Gasteiger charge is 2.34. The van der Waals surface area contributed by atoms with E-state index in [1.54, 1.807) is 23.7 Å². The number of hydrogen-bond donors (Lipinski definition) is 1. The van der Waals surface area contributed by atoms with Gasteiger partial charge in [-0.3, -0.25) is 4.98 Å². The number of aromatic nitrogens is 1. The third-order valence-electron chi connectivity index (χ3n) is 5.03. The molecule has 3 rings (SSSR count). The summed E-state index contributed by atoms with van der Waals surface area (Å²) in [5.74, 6) is -0.277. The summed E-state index contributed by atoms with van der Waals surface area (Å²) in [5.41, 5.74) is 3.62. The van der Waals surface area contributed by atoms with Crippen LogP contribution in [0.5, 0.6) is 0 Å². The molecular weight excluding hydrogens is 370 g/mol. The Morgan fingerprint density at radius 2 is 2.00 bits per heavy atom. The second-order valence-corrected chi connectivity index (χ2v) is 9.79. The first-order chi connectivity index (χ1) is 13.2. The predicted octanol–water partition coefficient (Wildman–Crippen LogP) is 6.26. The van der Waals surface area contributed by atoms with Crippen LogP contribution in [0.1, 0.15) is 69.1 Å². The van der Waals surface area contributed by atoms with E-state index in [-0.39, 0.29) is 0 Å². The molecule has 0 aliphatic heterocycles. The van der Waals surface area contributed by atoms with E-state index in [2.05, 4.69) is 18.0 Å². The Balaban J connectivity index is 2.21. The fourth-order valence-corrected chi connectivity index (χ4v) is 4.90. The second kappa shape index (κ2) is 8.18. The molecule has 2 atom stereocenters. The molecule has 0 bridgehead atoms. The van der Waals surface area contributed by atoms with Gasteiger partial charge in [-0.25, -0.2) is 4.79 Å². The molecule has 2 aromatic rings. The molecule has 5 heteroatoms. The second-order valence-electron chi connectivity index (χ2n) is 8.57. The van der Waals surface area contributed by atoms with Crippen LogP contribution in [0.3, 0.4) is 0 Å². The van der Waals surface area contributed by atoms with Gasteiger partial charge in [0.05, 0.1) is 5.60 Å². The van der Waals surface area contributed by atoms with Gasteiger partial charge < -0.3 is 9.84 Å². The van der Waals surface area contributed by atoms with Crippen molar-refractivity contribution in [1.29, 1.82) is 0 Å². The fraction of sp³-hybridized carbons (Fsp3) is 0.478. The molecule has 0 saturated heterocycles. The summed E-state index contributed by atoms with van der Waals surface area (Å²) in [4.78, 5) is 18.5. The number of allylic oxidation sites excluding steroid dienone is 2. The van der Waals surface area contributed by atoms with E-state index < -0.39 is 17.7 Å². The minimum absolute atomic E-state index is 0.555. The molecule has 1 aliphatic rings. The molecule has 2 heterocycles. The van der Waals surface area contributed by atoms with Crippen molar-refractivity contribution < 1.29 is 14.6 Å². The standard InChI is InChI=1S/C23H29NO3S/c1-14-6-8-16(9-7-14)19-18(20(22(25)26)27-23(3,4)5)15(2)28-21(19)17-10-12-24-13-11-17/h8,10-14,20H,6-7,9H2,1-5H3,(H,25,26). The molecule has 1 aliphatic carbocycles. The van der Waals surface area contributed by atoms with Crippen LogP contribution in [0.15, 0.2) is 30.6 Å². The molecule has 0 radical (unpaired) electrons. The number of ether oxygens (including phenoxy) is 1. The summed E-state index contributed by atoms with van der Waals surface area (Å²) in [6.45, 7) is 9.96. The molecule has 4 nitrogen and oxygen atoms in total. The van der Waals surface area contributed by atoms with Gasteiger partial charge in [-0.05, 0) is 76.1 Å². The Kier molecular flexibility index (Phi) is 6.06. The third-order valence-corrected chi connectivity index (χ3v) is 6.20. The van der Waals surface area contributed by atoms with Crippen LogP contribution >= 0.6 is 11.3 Å². The van der Waals surface area contributed by atoms with Crippen molar-refractivity contribution in [3.8, 4) is 10.4 Å². The van der Waals surface area contributed by atoms with E-state index in [1.165, 1.54) is 5.57 Å². The largest absolute Gasteiger partial charge is 0.479 e. The first-order valence-electron chi connectivity index (χ1n) is 9.81. The number of rotatable bonds is 5. The zero-order valence-corrected chi connectivity index (χ0v) is 18.1. The number of hydrogen-bond acceptors (Lipinski definition) is 4. The van der Waals surface area contributed by atoms with E-state index >= 15 is 0 Å². The third kappa shape index (κ3) is 4.53. The van der Waals surface area contributed by atoms with Crippen molar-refractivity contribution in [2.24, 2.45) is 5.92 Å². The lowest BCUT2D eigenvalue weighted by Crippen LogP contribution is -2.28. The highest BCUT2D eigenvalue weighted by Crippen LogP contribution is 2.47. The lowest BCUT2D eigenvalue weighted by Gasteiger charge is -2.27. The van der Waals surface area contributed by atoms with Gasteiger partial charge in [-0.1, -0.05) is 13.0 Å². The number of aryl methyl sites for hydroxylation is 1. The molecule has 2 unspecified atom stereocenters. The number of aliphatic carboxylic acids is 1. The lowest BCUT2D eigenvalue weighted by molar-refractivity contribution is -0.160. The van der Waals surface area contributed by atoms with E-state index in [1.807, 2.05) is 39.8 Å². The van der Waals surface area contributed by atoms with E-state index in [0.717, 1.165) is 45.7 Å². The van der Waals surface area contributed by atoms with Gasteiger partial charge in [0, 0.05) is 33.3 Å². The Hall–Kier alpha value is -1.98. The summed E-state index contributed by atoms with van der Waals surface area (Å²) in [6, 6.07) is 3.98. The molecule has 28 heavy (non-hydrogen) atoms. The summed E-state index contributed by atoms with van der Waals surface area (Å²) in [5, 5.41) is 10.0. The van der Waals surface area contributed by atoms with Crippen molar-refractivity contribution in [2.75, 3.05) is 0 Å². The summed E-state index contributed by atoms with van der Waals surface area (Å²) < 4.78 is 6.04. The van der Waals surface area contributed by atoms with Gasteiger partial charge in [0.15, 0.2) is 6.10 Å². The van der Waals surface area contributed by atoms with Crippen LogP contribution in [-0.2, 0) is 9.53 Å². The summed E-state index contributed by atoms with van der Waals surface area (Å²) >= 11 is 1.65. The highest BCUT2D eigenvalue weighted by atomic mass is 32.1. The van der Waals surface area contributed by atoms with Crippen LogP contribution in [0.4, 0.5) is 0 Å². The number of thiophene rings is 1. The van der Waals surface area contributed by atoms with Gasteiger partial charge >= 0.3 is 5.97 Å². The first kappa shape index (κ1) is 20.7. The normalized spacial score (nSPS) is 18.6. The van der Waals surface area contributed by atoms with Crippen molar-refractivity contribution in [3.63, 3.8) is 0 Å². The number of carbonyl (C=O) groups is 1. The number of pyridine rings is 1. The maximum absolute atomic E-state index is 12.2. The van der Waals surface area contributed by atoms with Gasteiger partial charge in [0.25, 0.3) is 0 Å². The number of carboxylic acids is 1. The molecule has 150 valence electrons. The van der Waals surface area contributed by atoms with E-state index in [9.17, 15) is 9.90 Å². The van der Waals surface area contributed by atoms with Crippen molar-refractivity contribution in [3.05, 3.63) is 46.6 Å². The van der Waals surface area contributed by atoms with Crippen LogP contribution in [0, 0.1) is 12.8 Å². The average Bonchev–Trinajstić information content (AvgIpc) is 2.97. The van der Waals surface area contributed by atoms with Crippen LogP contribution in [0.2, 0.25) is 0 Å². The molecule has 0 aromatic carbocycles. The van der Waals surface area contributed by atoms with E-state index in [4.69, 9.17) is 4.74 Å². The monoisotopic (exact) mass is 399 g/mol. The molecule has 1 N–H and O–H groups in total. The minimum atomic E-state index is -0.984. The fourth-order valence-electron chi connectivity index (χ4n) is 3.68. The Bertz CT molecular complexity index is 877. The maximum Gasteiger partial charge on any atom is 0.337 e. The maximum atomic E-state index is 12.2. The summed E-state index contributed by atoms with van der Waals surface area (Å²) in [7, 11) is 0. The molecule has 0 amide bonds. The zero-order valence-electron chi connectivity index (χ0n) is 17.3. The van der Waals surface area contributed by atoms with Gasteiger partial charge in [-0.15, -0.1) is 11.3 Å². The average molecular weight is 400 g/mol. The quantitative estimate of drug-likeness (QED) is 0.644. The molecule has 0 spiro atoms. The highest BCUT2D eigenvalue weighted by molar-refractivity contribution is 7.16. The Morgan fingerprint density at radius 1 is 1.32 bits per heavy atom. The molecular formula is C23H29NO3S. The first-order valence-corrected chi connectivity index (χ1v) is 10.6. The van der Waals surface area contributed by atoms with Crippen LogP contribution < -0.4 is 0 Å². The molecule has 2 aromatic heterocycles. The Morgan fingerprint density at radius 3 is 2.54 bits per heavy atom. The zero-order chi connectivity index (χ0) is 20.5. The van der Waals surface area contributed by atoms with Crippen molar-refractivity contribution in [2.45, 2.75) is 65.6 Å². The summed E-state index contributed by atoms with van der Waals surface area (Å²) in [6.07, 6.45) is 7.98. The van der Waals surface area contributed by atoms with Gasteiger partial charge in [0.2, 0.25) is 0 Å². The van der Waals surface area contributed by atoms with Crippen molar-refractivity contribution in [1.82, 2.24) is 4.98 Å². The molecule has 0 fully saturated rings. The van der Waals surface area contributed by atoms with Crippen molar-refractivity contribution >= 4 is 22.9 Å². The lowest BCUT2D eigenvalue weighted by atomic mass is 9.84. The smallest absolute Gasteiger partial charge is 0.337 e. The Labute approximate surface area is 171 Å². The molecule has 0 saturated carbocycles. The number of nitrogens with zero attached hydrogens (tertiary/aromatic N) is 1. The van der Waals surface area contributed by atoms with E-state index in [0.29, 0.717) is 5.92 Å². The van der Waals surface area contributed by atoms with Gasteiger partial charge in [0.1, 0.15) is 0 Å².